The van der Waals surface area contributed by atoms with Crippen LogP contribution in [0, 0.1) is 11.3 Å². The molecule has 1 atom stereocenters. The predicted octanol–water partition coefficient (Wildman–Crippen LogP) is 2.74. The Labute approximate surface area is 170 Å². The highest BCUT2D eigenvalue weighted by molar-refractivity contribution is 5.73. The Balaban J connectivity index is 1.69. The van der Waals surface area contributed by atoms with Gasteiger partial charge in [0.2, 0.25) is 18.6 Å². The van der Waals surface area contributed by atoms with Gasteiger partial charge in [0.1, 0.15) is 11.6 Å². The van der Waals surface area contributed by atoms with E-state index in [4.69, 9.17) is 24.7 Å². The fourth-order valence-electron chi connectivity index (χ4n) is 3.74. The zero-order chi connectivity index (χ0) is 20.8. The molecule has 3 heterocycles. The van der Waals surface area contributed by atoms with Crippen molar-refractivity contribution in [3.63, 3.8) is 0 Å². The minimum Gasteiger partial charge on any atom is -0.504 e. The Morgan fingerprint density at radius 3 is 2.83 bits per heavy atom. The second-order valence-electron chi connectivity index (χ2n) is 6.74. The third kappa shape index (κ3) is 2.58. The number of fused-ring (bicyclic) bond motifs is 2. The summed E-state index contributed by atoms with van der Waals surface area (Å²) in [5.74, 6) is 1.17. The minimum atomic E-state index is -0.602. The molecule has 2 aliphatic rings. The van der Waals surface area contributed by atoms with Crippen molar-refractivity contribution in [3.8, 4) is 46.2 Å². The van der Waals surface area contributed by atoms with Crippen LogP contribution in [-0.4, -0.2) is 29.2 Å². The Bertz CT molecular complexity index is 1240. The van der Waals surface area contributed by atoms with Crippen molar-refractivity contribution >= 4 is 0 Å². The number of aromatic amines is 1. The summed E-state index contributed by atoms with van der Waals surface area (Å²) in [6, 6.07) is 12.6. The van der Waals surface area contributed by atoms with E-state index in [1.165, 1.54) is 7.11 Å². The van der Waals surface area contributed by atoms with Crippen LogP contribution in [0.3, 0.4) is 0 Å². The molecule has 0 aliphatic carbocycles. The van der Waals surface area contributed by atoms with Crippen LogP contribution in [0.1, 0.15) is 17.0 Å². The molecule has 30 heavy (non-hydrogen) atoms. The lowest BCUT2D eigenvalue weighted by Gasteiger charge is -2.24. The number of nitrogens with zero attached hydrogens (tertiary/aromatic N) is 2. The number of H-pyrrole nitrogens is 1. The lowest BCUT2D eigenvalue weighted by atomic mass is 9.83. The first-order valence-electron chi connectivity index (χ1n) is 9.03. The Morgan fingerprint density at radius 2 is 2.07 bits per heavy atom. The SMILES string of the molecule is COc1ccc([C@@H]2C(C#N)=C(N)Oc3n[nH]c(-c4ccc5c(c4)OCO5)c32)cc1O. The van der Waals surface area contributed by atoms with E-state index >= 15 is 0 Å². The lowest BCUT2D eigenvalue weighted by molar-refractivity contribution is 0.174. The molecule has 5 rings (SSSR count). The first-order chi connectivity index (χ1) is 14.6. The number of aromatic hydroxyl groups is 1. The predicted molar refractivity (Wildman–Crippen MR) is 104 cm³/mol. The van der Waals surface area contributed by atoms with E-state index in [2.05, 4.69) is 16.3 Å². The van der Waals surface area contributed by atoms with Crippen LogP contribution in [0.15, 0.2) is 47.9 Å². The number of ether oxygens (including phenoxy) is 4. The molecule has 9 nitrogen and oxygen atoms in total. The first kappa shape index (κ1) is 17.8. The second kappa shape index (κ2) is 6.63. The number of benzene rings is 2. The van der Waals surface area contributed by atoms with Crippen LogP contribution in [-0.2, 0) is 0 Å². The molecule has 0 unspecified atom stereocenters. The van der Waals surface area contributed by atoms with Crippen molar-refractivity contribution in [2.75, 3.05) is 13.9 Å². The molecule has 0 radical (unpaired) electrons. The molecule has 150 valence electrons. The fourth-order valence-corrected chi connectivity index (χ4v) is 3.74. The zero-order valence-electron chi connectivity index (χ0n) is 15.8. The average molecular weight is 404 g/mol. The fraction of sp³-hybridized carbons (Fsp3) is 0.143. The van der Waals surface area contributed by atoms with Crippen LogP contribution in [0.25, 0.3) is 11.3 Å². The number of aromatic nitrogens is 2. The monoisotopic (exact) mass is 404 g/mol. The molecule has 4 N–H and O–H groups in total. The van der Waals surface area contributed by atoms with Crippen LogP contribution >= 0.6 is 0 Å². The van der Waals surface area contributed by atoms with Gasteiger partial charge < -0.3 is 29.8 Å². The Kier molecular flexibility index (Phi) is 3.93. The van der Waals surface area contributed by atoms with Crippen molar-refractivity contribution in [2.45, 2.75) is 5.92 Å². The highest BCUT2D eigenvalue weighted by Crippen LogP contribution is 2.47. The first-order valence-corrected chi connectivity index (χ1v) is 9.03. The molecular weight excluding hydrogens is 388 g/mol. The van der Waals surface area contributed by atoms with Gasteiger partial charge in [-0.1, -0.05) is 6.07 Å². The van der Waals surface area contributed by atoms with Crippen molar-refractivity contribution in [2.24, 2.45) is 5.73 Å². The van der Waals surface area contributed by atoms with Gasteiger partial charge in [-0.15, -0.1) is 5.10 Å². The molecule has 1 aromatic heterocycles. The topological polar surface area (TPSA) is 136 Å². The summed E-state index contributed by atoms with van der Waals surface area (Å²) in [6.07, 6.45) is 0. The van der Waals surface area contributed by atoms with Gasteiger partial charge in [0.05, 0.1) is 24.3 Å². The molecule has 0 saturated heterocycles. The third-order valence-electron chi connectivity index (χ3n) is 5.14. The van der Waals surface area contributed by atoms with Gasteiger partial charge in [0.15, 0.2) is 23.0 Å². The summed E-state index contributed by atoms with van der Waals surface area (Å²) in [5.41, 5.74) is 8.91. The van der Waals surface area contributed by atoms with Crippen molar-refractivity contribution in [1.29, 1.82) is 5.26 Å². The van der Waals surface area contributed by atoms with Gasteiger partial charge in [-0.3, -0.25) is 5.10 Å². The zero-order valence-corrected chi connectivity index (χ0v) is 15.8. The lowest BCUT2D eigenvalue weighted by Crippen LogP contribution is -2.21. The molecular formula is C21H16N4O5. The number of phenolic OH excluding ortho intramolecular Hbond substituents is 1. The van der Waals surface area contributed by atoms with E-state index in [9.17, 15) is 10.4 Å². The van der Waals surface area contributed by atoms with E-state index in [1.54, 1.807) is 24.3 Å². The summed E-state index contributed by atoms with van der Waals surface area (Å²) < 4.78 is 21.6. The average Bonchev–Trinajstić information content (AvgIpc) is 3.38. The van der Waals surface area contributed by atoms with Gasteiger partial charge in [-0.2, -0.15) is 5.26 Å². The maximum Gasteiger partial charge on any atom is 0.244 e. The molecule has 0 saturated carbocycles. The van der Waals surface area contributed by atoms with Crippen molar-refractivity contribution in [3.05, 3.63) is 59.0 Å². The maximum atomic E-state index is 10.3. The minimum absolute atomic E-state index is 0.0333. The van der Waals surface area contributed by atoms with Crippen molar-refractivity contribution in [1.82, 2.24) is 10.2 Å². The molecule has 2 aromatic carbocycles. The molecule has 3 aromatic rings. The highest BCUT2D eigenvalue weighted by Gasteiger charge is 2.36. The van der Waals surface area contributed by atoms with Crippen LogP contribution in [0.2, 0.25) is 0 Å². The Hall–Kier alpha value is -4.32. The number of methoxy groups -OCH3 is 1. The maximum absolute atomic E-state index is 10.3. The number of allylic oxidation sites excluding steroid dienone is 1. The van der Waals surface area contributed by atoms with Gasteiger partial charge in [-0.05, 0) is 35.9 Å². The molecule has 9 heteroatoms. The van der Waals surface area contributed by atoms with E-state index in [0.29, 0.717) is 34.1 Å². The van der Waals surface area contributed by atoms with Gasteiger partial charge >= 0.3 is 0 Å². The van der Waals surface area contributed by atoms with E-state index in [0.717, 1.165) is 5.56 Å². The normalized spacial score (nSPS) is 16.6. The van der Waals surface area contributed by atoms with E-state index < -0.39 is 5.92 Å². The van der Waals surface area contributed by atoms with Gasteiger partial charge in [0, 0.05) is 5.56 Å². The number of rotatable bonds is 3. The number of hydrogen-bond donors (Lipinski definition) is 3. The van der Waals surface area contributed by atoms with Gasteiger partial charge in [0.25, 0.3) is 0 Å². The molecule has 2 aliphatic heterocycles. The molecule has 0 fully saturated rings. The van der Waals surface area contributed by atoms with Crippen molar-refractivity contribution < 1.29 is 24.1 Å². The Morgan fingerprint density at radius 1 is 1.23 bits per heavy atom. The van der Waals surface area contributed by atoms with Gasteiger partial charge in [-0.25, -0.2) is 0 Å². The van der Waals surface area contributed by atoms with E-state index in [1.807, 2.05) is 12.1 Å². The molecule has 0 spiro atoms. The number of hydrogen-bond acceptors (Lipinski definition) is 8. The smallest absolute Gasteiger partial charge is 0.244 e. The summed E-state index contributed by atoms with van der Waals surface area (Å²) in [6.45, 7) is 0.161. The van der Waals surface area contributed by atoms with Crippen LogP contribution < -0.4 is 24.7 Å². The summed E-state index contributed by atoms with van der Waals surface area (Å²) in [7, 11) is 1.47. The van der Waals surface area contributed by atoms with Crippen LogP contribution in [0.5, 0.6) is 28.9 Å². The summed E-state index contributed by atoms with van der Waals surface area (Å²) in [4.78, 5) is 0. The number of nitrogens with one attached hydrogen (secondary N) is 1. The quantitative estimate of drug-likeness (QED) is 0.606. The molecule has 0 amide bonds. The highest BCUT2D eigenvalue weighted by atomic mass is 16.7. The number of nitrogens with two attached hydrogens (primary N) is 1. The summed E-state index contributed by atoms with van der Waals surface area (Å²) >= 11 is 0. The summed E-state index contributed by atoms with van der Waals surface area (Å²) in [5, 5.41) is 27.3. The van der Waals surface area contributed by atoms with E-state index in [-0.39, 0.29) is 29.9 Å². The largest absolute Gasteiger partial charge is 0.504 e. The number of nitriles is 1. The van der Waals surface area contributed by atoms with Crippen LogP contribution in [0.4, 0.5) is 0 Å². The standard InChI is InChI=1S/C21H16N4O5/c1-27-14-4-2-10(6-13(14)26)17-12(8-22)20(23)30-21-18(17)19(24-25-21)11-3-5-15-16(7-11)29-9-28-15/h2-7,17,26H,9,23H2,1H3,(H,24,25)/t17-/m1/s1. The molecule has 0 bridgehead atoms. The third-order valence-corrected chi connectivity index (χ3v) is 5.14. The number of phenols is 1. The second-order valence-corrected chi connectivity index (χ2v) is 6.74.